The van der Waals surface area contributed by atoms with E-state index in [4.69, 9.17) is 0 Å². The number of benzene rings is 3. The smallest absolute Gasteiger partial charge is 0.337 e. The van der Waals surface area contributed by atoms with Gasteiger partial charge in [0.05, 0.1) is 12.7 Å². The lowest BCUT2D eigenvalue weighted by molar-refractivity contribution is -0.111. The maximum atomic E-state index is 12.3. The van der Waals surface area contributed by atoms with Crippen molar-refractivity contribution in [2.45, 2.75) is 0 Å². The van der Waals surface area contributed by atoms with Gasteiger partial charge in [-0.2, -0.15) is 0 Å². The van der Waals surface area contributed by atoms with E-state index in [2.05, 4.69) is 10.1 Å². The summed E-state index contributed by atoms with van der Waals surface area (Å²) in [7, 11) is 1.34. The maximum absolute atomic E-state index is 12.3. The van der Waals surface area contributed by atoms with Gasteiger partial charge >= 0.3 is 5.97 Å². The van der Waals surface area contributed by atoms with Gasteiger partial charge in [-0.3, -0.25) is 4.79 Å². The van der Waals surface area contributed by atoms with Crippen LogP contribution in [-0.2, 0) is 9.53 Å². The SMILES string of the molecule is COC(=O)c1ccc(/C=C/C(=O)Nc2ccccc2-c2ccccc2)cc1. The van der Waals surface area contributed by atoms with E-state index in [1.807, 2.05) is 54.6 Å². The molecule has 1 N–H and O–H groups in total. The Bertz CT molecular complexity index is 960. The van der Waals surface area contributed by atoms with Gasteiger partial charge in [0.2, 0.25) is 5.91 Å². The van der Waals surface area contributed by atoms with E-state index in [1.165, 1.54) is 13.2 Å². The number of anilines is 1. The number of methoxy groups -OCH3 is 1. The van der Waals surface area contributed by atoms with Crippen molar-refractivity contribution in [3.8, 4) is 11.1 Å². The third-order valence-corrected chi connectivity index (χ3v) is 4.03. The molecule has 134 valence electrons. The van der Waals surface area contributed by atoms with E-state index in [9.17, 15) is 9.59 Å². The Morgan fingerprint density at radius 2 is 1.52 bits per heavy atom. The average molecular weight is 357 g/mol. The molecule has 0 unspecified atom stereocenters. The fourth-order valence-electron chi connectivity index (χ4n) is 2.66. The monoisotopic (exact) mass is 357 g/mol. The number of nitrogens with one attached hydrogen (secondary N) is 1. The molecule has 0 bridgehead atoms. The van der Waals surface area contributed by atoms with Gasteiger partial charge in [0.1, 0.15) is 0 Å². The summed E-state index contributed by atoms with van der Waals surface area (Å²) in [5, 5.41) is 2.92. The molecule has 3 aromatic carbocycles. The predicted octanol–water partition coefficient (Wildman–Crippen LogP) is 4.79. The zero-order chi connectivity index (χ0) is 19.1. The van der Waals surface area contributed by atoms with Gasteiger partial charge in [0.15, 0.2) is 0 Å². The number of amides is 1. The molecule has 0 aliphatic rings. The van der Waals surface area contributed by atoms with Gasteiger partial charge < -0.3 is 10.1 Å². The number of hydrogen-bond donors (Lipinski definition) is 1. The first-order valence-electron chi connectivity index (χ1n) is 8.49. The molecule has 0 saturated carbocycles. The molecule has 0 fully saturated rings. The number of rotatable bonds is 5. The van der Waals surface area contributed by atoms with Crippen molar-refractivity contribution in [1.29, 1.82) is 0 Å². The molecule has 0 saturated heterocycles. The second-order valence-corrected chi connectivity index (χ2v) is 5.85. The number of para-hydroxylation sites is 1. The summed E-state index contributed by atoms with van der Waals surface area (Å²) < 4.78 is 4.67. The maximum Gasteiger partial charge on any atom is 0.337 e. The molecule has 4 nitrogen and oxygen atoms in total. The molecule has 3 rings (SSSR count). The van der Waals surface area contributed by atoms with Crippen LogP contribution in [0.15, 0.2) is 84.9 Å². The van der Waals surface area contributed by atoms with Crippen LogP contribution < -0.4 is 5.32 Å². The number of carbonyl (C=O) groups is 2. The molecule has 0 aromatic heterocycles. The van der Waals surface area contributed by atoms with Crippen LogP contribution in [0.5, 0.6) is 0 Å². The summed E-state index contributed by atoms with van der Waals surface area (Å²) in [5.41, 5.74) is 4.03. The number of carbonyl (C=O) groups excluding carboxylic acids is 2. The molecule has 0 aliphatic carbocycles. The van der Waals surface area contributed by atoms with Crippen LogP contribution in [-0.4, -0.2) is 19.0 Å². The lowest BCUT2D eigenvalue weighted by Crippen LogP contribution is -2.08. The van der Waals surface area contributed by atoms with Gasteiger partial charge in [-0.15, -0.1) is 0 Å². The standard InChI is InChI=1S/C23H19NO3/c1-27-23(26)19-14-11-17(12-15-19)13-16-22(25)24-21-10-6-5-9-20(21)18-7-3-2-4-8-18/h2-16H,1H3,(H,24,25)/b16-13+. The minimum Gasteiger partial charge on any atom is -0.465 e. The molecule has 0 aliphatic heterocycles. The Hall–Kier alpha value is -3.66. The lowest BCUT2D eigenvalue weighted by atomic mass is 10.0. The van der Waals surface area contributed by atoms with Crippen molar-refractivity contribution in [3.63, 3.8) is 0 Å². The van der Waals surface area contributed by atoms with Gasteiger partial charge in [-0.25, -0.2) is 4.79 Å². The van der Waals surface area contributed by atoms with Gasteiger partial charge in [-0.1, -0.05) is 60.7 Å². The Labute approximate surface area is 158 Å². The van der Waals surface area contributed by atoms with Gasteiger partial charge in [0, 0.05) is 17.3 Å². The van der Waals surface area contributed by atoms with Gasteiger partial charge in [-0.05, 0) is 35.4 Å². The first-order valence-corrected chi connectivity index (χ1v) is 8.49. The second kappa shape index (κ2) is 8.63. The number of esters is 1. The van der Waals surface area contributed by atoms with Crippen LogP contribution in [0, 0.1) is 0 Å². The summed E-state index contributed by atoms with van der Waals surface area (Å²) in [6.45, 7) is 0. The molecule has 0 heterocycles. The Morgan fingerprint density at radius 1 is 0.852 bits per heavy atom. The van der Waals surface area contributed by atoms with Crippen molar-refractivity contribution in [1.82, 2.24) is 0 Å². The Kier molecular flexibility index (Phi) is 5.80. The van der Waals surface area contributed by atoms with Gasteiger partial charge in [0.25, 0.3) is 0 Å². The quantitative estimate of drug-likeness (QED) is 0.527. The number of ether oxygens (including phenoxy) is 1. The minimum absolute atomic E-state index is 0.226. The van der Waals surface area contributed by atoms with E-state index >= 15 is 0 Å². The minimum atomic E-state index is -0.388. The van der Waals surface area contributed by atoms with Crippen molar-refractivity contribution in [2.24, 2.45) is 0 Å². The molecule has 3 aromatic rings. The molecule has 27 heavy (non-hydrogen) atoms. The lowest BCUT2D eigenvalue weighted by Gasteiger charge is -2.10. The van der Waals surface area contributed by atoms with Crippen LogP contribution in [0.4, 0.5) is 5.69 Å². The molecular weight excluding hydrogens is 338 g/mol. The third kappa shape index (κ3) is 4.70. The summed E-state index contributed by atoms with van der Waals surface area (Å²) in [6, 6.07) is 24.4. The van der Waals surface area contributed by atoms with Crippen LogP contribution >= 0.6 is 0 Å². The highest BCUT2D eigenvalue weighted by molar-refractivity contribution is 6.04. The molecule has 0 atom stereocenters. The molecular formula is C23H19NO3. The summed E-state index contributed by atoms with van der Waals surface area (Å²) in [5.74, 6) is -0.615. The molecule has 0 spiro atoms. The fourth-order valence-corrected chi connectivity index (χ4v) is 2.66. The largest absolute Gasteiger partial charge is 0.465 e. The fraction of sp³-hybridized carbons (Fsp3) is 0.0435. The average Bonchev–Trinajstić information content (AvgIpc) is 2.73. The predicted molar refractivity (Wildman–Crippen MR) is 107 cm³/mol. The van der Waals surface area contributed by atoms with Crippen LogP contribution in [0.1, 0.15) is 15.9 Å². The topological polar surface area (TPSA) is 55.4 Å². The van der Waals surface area contributed by atoms with Crippen molar-refractivity contribution in [2.75, 3.05) is 12.4 Å². The van der Waals surface area contributed by atoms with Crippen LogP contribution in [0.25, 0.3) is 17.2 Å². The van der Waals surface area contributed by atoms with Crippen molar-refractivity contribution in [3.05, 3.63) is 96.1 Å². The van der Waals surface area contributed by atoms with E-state index in [1.54, 1.807) is 30.3 Å². The molecule has 1 amide bonds. The van der Waals surface area contributed by atoms with Crippen LogP contribution in [0.3, 0.4) is 0 Å². The zero-order valence-electron chi connectivity index (χ0n) is 14.9. The Morgan fingerprint density at radius 3 is 2.22 bits per heavy atom. The zero-order valence-corrected chi connectivity index (χ0v) is 14.9. The first kappa shape index (κ1) is 18.1. The first-order chi connectivity index (χ1) is 13.2. The normalized spacial score (nSPS) is 10.6. The van der Waals surface area contributed by atoms with E-state index in [0.717, 1.165) is 22.4 Å². The highest BCUT2D eigenvalue weighted by Crippen LogP contribution is 2.27. The van der Waals surface area contributed by atoms with E-state index < -0.39 is 0 Å². The number of hydrogen-bond acceptors (Lipinski definition) is 3. The van der Waals surface area contributed by atoms with Crippen molar-refractivity contribution < 1.29 is 14.3 Å². The van der Waals surface area contributed by atoms with Crippen LogP contribution in [0.2, 0.25) is 0 Å². The second-order valence-electron chi connectivity index (χ2n) is 5.85. The van der Waals surface area contributed by atoms with Crippen molar-refractivity contribution >= 4 is 23.6 Å². The van der Waals surface area contributed by atoms with E-state index in [-0.39, 0.29) is 11.9 Å². The Balaban J connectivity index is 1.71. The molecule has 0 radical (unpaired) electrons. The molecule has 4 heteroatoms. The summed E-state index contributed by atoms with van der Waals surface area (Å²) in [4.78, 5) is 23.8. The highest BCUT2D eigenvalue weighted by atomic mass is 16.5. The summed E-state index contributed by atoms with van der Waals surface area (Å²) >= 11 is 0. The summed E-state index contributed by atoms with van der Waals surface area (Å²) in [6.07, 6.45) is 3.16. The van der Waals surface area contributed by atoms with E-state index in [0.29, 0.717) is 5.56 Å². The third-order valence-electron chi connectivity index (χ3n) is 4.03. The highest BCUT2D eigenvalue weighted by Gasteiger charge is 2.06.